The van der Waals surface area contributed by atoms with Gasteiger partial charge in [-0.05, 0) is 32.0 Å². The van der Waals surface area contributed by atoms with Gasteiger partial charge in [-0.3, -0.25) is 14.5 Å². The molecule has 13 heteroatoms. The van der Waals surface area contributed by atoms with Gasteiger partial charge in [0.25, 0.3) is 11.8 Å². The summed E-state index contributed by atoms with van der Waals surface area (Å²) >= 11 is 0. The molecule has 0 unspecified atom stereocenters. The van der Waals surface area contributed by atoms with Gasteiger partial charge in [0.1, 0.15) is 17.4 Å². The van der Waals surface area contributed by atoms with Crippen LogP contribution >= 0.6 is 0 Å². The summed E-state index contributed by atoms with van der Waals surface area (Å²) in [7, 11) is 0. The van der Waals surface area contributed by atoms with E-state index in [2.05, 4.69) is 9.97 Å². The van der Waals surface area contributed by atoms with Crippen molar-refractivity contribution in [3.05, 3.63) is 47.2 Å². The summed E-state index contributed by atoms with van der Waals surface area (Å²) < 4.78 is 53.8. The number of nitrogens with two attached hydrogens (primary N) is 1. The molecule has 31 heavy (non-hydrogen) atoms. The topological polar surface area (TPSA) is 133 Å². The van der Waals surface area contributed by atoms with E-state index in [-0.39, 0.29) is 5.69 Å². The number of carbonyl (C=O) groups is 3. The van der Waals surface area contributed by atoms with Crippen molar-refractivity contribution < 1.29 is 31.9 Å². The van der Waals surface area contributed by atoms with Gasteiger partial charge in [0.15, 0.2) is 17.2 Å². The lowest BCUT2D eigenvalue weighted by molar-refractivity contribution is -0.141. The van der Waals surface area contributed by atoms with Crippen LogP contribution in [0.5, 0.6) is 0 Å². The number of primary amides is 1. The molecule has 2 heterocycles. The fourth-order valence-electron chi connectivity index (χ4n) is 3.04. The van der Waals surface area contributed by atoms with E-state index < -0.39 is 58.1 Å². The Labute approximate surface area is 171 Å². The van der Waals surface area contributed by atoms with Crippen molar-refractivity contribution in [3.8, 4) is 6.07 Å². The highest BCUT2D eigenvalue weighted by molar-refractivity contribution is 6.29. The zero-order chi connectivity index (χ0) is 23.3. The molecule has 0 saturated carbocycles. The summed E-state index contributed by atoms with van der Waals surface area (Å²) in [4.78, 5) is 44.9. The van der Waals surface area contributed by atoms with E-state index in [9.17, 15) is 31.9 Å². The van der Waals surface area contributed by atoms with Gasteiger partial charge in [0.2, 0.25) is 0 Å². The Morgan fingerprint density at radius 1 is 1.26 bits per heavy atom. The minimum atomic E-state index is -5.07. The summed E-state index contributed by atoms with van der Waals surface area (Å²) in [6.07, 6.45) is -4.39. The molecule has 4 amide bonds. The number of hydrogen-bond acceptors (Lipinski definition) is 6. The predicted octanol–water partition coefficient (Wildman–Crippen LogP) is 2.36. The molecule has 1 fully saturated rings. The van der Waals surface area contributed by atoms with E-state index in [0.29, 0.717) is 11.1 Å². The Morgan fingerprint density at radius 2 is 1.90 bits per heavy atom. The van der Waals surface area contributed by atoms with E-state index in [1.807, 2.05) is 0 Å². The Morgan fingerprint density at radius 3 is 2.42 bits per heavy atom. The Balaban J connectivity index is 2.12. The van der Waals surface area contributed by atoms with Crippen LogP contribution in [0.3, 0.4) is 0 Å². The molecule has 0 atom stereocenters. The van der Waals surface area contributed by atoms with Gasteiger partial charge in [-0.2, -0.15) is 18.4 Å². The third-order valence-corrected chi connectivity index (χ3v) is 4.51. The first-order valence-electron chi connectivity index (χ1n) is 8.43. The van der Waals surface area contributed by atoms with Crippen molar-refractivity contribution in [2.45, 2.75) is 25.6 Å². The first-order valence-corrected chi connectivity index (χ1v) is 8.43. The molecule has 1 aromatic carbocycles. The van der Waals surface area contributed by atoms with Crippen molar-refractivity contribution in [1.29, 1.82) is 5.26 Å². The Bertz CT molecular complexity index is 1170. The van der Waals surface area contributed by atoms with Crippen LogP contribution in [0.25, 0.3) is 0 Å². The average Bonchev–Trinajstić information content (AvgIpc) is 2.84. The van der Waals surface area contributed by atoms with Gasteiger partial charge in [0.05, 0.1) is 11.8 Å². The molecule has 2 aromatic rings. The van der Waals surface area contributed by atoms with E-state index in [4.69, 9.17) is 11.0 Å². The number of halogens is 4. The molecule has 9 nitrogen and oxygen atoms in total. The van der Waals surface area contributed by atoms with Crippen molar-refractivity contribution >= 4 is 29.4 Å². The molecule has 0 spiro atoms. The lowest BCUT2D eigenvalue weighted by atomic mass is 10.0. The second-order valence-corrected chi connectivity index (χ2v) is 6.88. The van der Waals surface area contributed by atoms with Crippen molar-refractivity contribution in [1.82, 2.24) is 9.97 Å². The number of nitriles is 1. The third kappa shape index (κ3) is 3.41. The van der Waals surface area contributed by atoms with Gasteiger partial charge in [-0.25, -0.2) is 24.1 Å². The molecule has 0 radical (unpaired) electrons. The summed E-state index contributed by atoms with van der Waals surface area (Å²) in [6, 6.07) is 3.07. The first kappa shape index (κ1) is 21.6. The molecule has 1 saturated heterocycles. The summed E-state index contributed by atoms with van der Waals surface area (Å²) in [5.74, 6) is -3.84. The maximum Gasteiger partial charge on any atom is 0.436 e. The molecular formula is C18H12F4N6O3. The minimum Gasteiger partial charge on any atom is -0.366 e. The molecule has 1 aromatic heterocycles. The largest absolute Gasteiger partial charge is 0.436 e. The smallest absolute Gasteiger partial charge is 0.366 e. The molecule has 0 aliphatic carbocycles. The lowest BCUT2D eigenvalue weighted by Gasteiger charge is -2.27. The summed E-state index contributed by atoms with van der Waals surface area (Å²) in [5.41, 5.74) is 0.0798. The highest BCUT2D eigenvalue weighted by Crippen LogP contribution is 2.37. The number of carbonyl (C=O) groups excluding carboxylic acids is 3. The second kappa shape index (κ2) is 7.01. The molecule has 1 aliphatic heterocycles. The van der Waals surface area contributed by atoms with Crippen LogP contribution in [-0.2, 0) is 11.0 Å². The molecule has 1 aliphatic rings. The average molecular weight is 436 g/mol. The highest BCUT2D eigenvalue weighted by atomic mass is 19.4. The van der Waals surface area contributed by atoms with Crippen molar-refractivity contribution in [2.75, 3.05) is 9.80 Å². The van der Waals surface area contributed by atoms with Gasteiger partial charge in [-0.1, -0.05) is 0 Å². The number of imide groups is 1. The fraction of sp³-hybridized carbons (Fsp3) is 0.222. The molecule has 160 valence electrons. The third-order valence-electron chi connectivity index (χ3n) is 4.51. The number of urea groups is 1. The highest BCUT2D eigenvalue weighted by Gasteiger charge is 2.54. The number of alkyl halides is 3. The minimum absolute atomic E-state index is 0.147. The number of rotatable bonds is 3. The van der Waals surface area contributed by atoms with Crippen LogP contribution in [0.4, 0.5) is 33.9 Å². The maximum atomic E-state index is 14.2. The maximum absolute atomic E-state index is 14.2. The zero-order valence-corrected chi connectivity index (χ0v) is 15.9. The number of anilines is 2. The van der Waals surface area contributed by atoms with Crippen LogP contribution in [-0.4, -0.2) is 33.4 Å². The molecule has 0 bridgehead atoms. The summed E-state index contributed by atoms with van der Waals surface area (Å²) in [5, 5.41) is 8.83. The molecule has 2 N–H and O–H groups in total. The van der Waals surface area contributed by atoms with E-state index in [0.717, 1.165) is 23.1 Å². The number of amides is 4. The van der Waals surface area contributed by atoms with Crippen LogP contribution in [0, 0.1) is 17.1 Å². The molecule has 3 rings (SSSR count). The van der Waals surface area contributed by atoms with Gasteiger partial charge in [0, 0.05) is 5.69 Å². The Kier molecular flexibility index (Phi) is 4.89. The SMILES string of the molecule is CC1(C)C(=O)N(c2cnc(C#N)c(C(F)(F)F)n2)C(=O)N1c1ccc(C(N)=O)c(F)c1. The number of benzene rings is 1. The number of nitrogens with zero attached hydrogens (tertiary/aromatic N) is 5. The van der Waals surface area contributed by atoms with Crippen molar-refractivity contribution in [2.24, 2.45) is 5.73 Å². The number of aromatic nitrogens is 2. The van der Waals surface area contributed by atoms with Gasteiger partial charge in [-0.15, -0.1) is 0 Å². The fourth-order valence-corrected chi connectivity index (χ4v) is 3.04. The summed E-state index contributed by atoms with van der Waals surface area (Å²) in [6.45, 7) is 2.57. The molecular weight excluding hydrogens is 424 g/mol. The van der Waals surface area contributed by atoms with E-state index in [1.54, 1.807) is 0 Å². The van der Waals surface area contributed by atoms with Crippen LogP contribution in [0.15, 0.2) is 24.4 Å². The van der Waals surface area contributed by atoms with E-state index >= 15 is 0 Å². The van der Waals surface area contributed by atoms with Gasteiger partial charge >= 0.3 is 12.2 Å². The quantitative estimate of drug-likeness (QED) is 0.580. The monoisotopic (exact) mass is 436 g/mol. The van der Waals surface area contributed by atoms with Gasteiger partial charge < -0.3 is 5.73 Å². The van der Waals surface area contributed by atoms with Crippen LogP contribution in [0.1, 0.15) is 35.6 Å². The number of hydrogen-bond donors (Lipinski definition) is 1. The first-order chi connectivity index (χ1) is 14.3. The zero-order valence-electron chi connectivity index (χ0n) is 15.9. The van der Waals surface area contributed by atoms with Crippen molar-refractivity contribution in [3.63, 3.8) is 0 Å². The van der Waals surface area contributed by atoms with E-state index in [1.165, 1.54) is 19.9 Å². The standard InChI is InChI=1S/C18H12F4N6O3/c1-17(2)15(30)27(12-7-25-11(6-23)13(26-12)18(20,21)22)16(31)28(17)8-3-4-9(14(24)29)10(19)5-8/h3-5,7H,1-2H3,(H2,24,29). The normalized spacial score (nSPS) is 15.9. The second-order valence-electron chi connectivity index (χ2n) is 6.88. The Hall–Kier alpha value is -4.08. The predicted molar refractivity (Wildman–Crippen MR) is 96.1 cm³/mol. The van der Waals surface area contributed by atoms with Crippen LogP contribution in [0.2, 0.25) is 0 Å². The van der Waals surface area contributed by atoms with Crippen LogP contribution < -0.4 is 15.5 Å². The lowest BCUT2D eigenvalue weighted by Crippen LogP contribution is -2.44.